The number of hydrogen-bond donors (Lipinski definition) is 0. The van der Waals surface area contributed by atoms with Crippen molar-refractivity contribution in [1.82, 2.24) is 0 Å². The third-order valence-corrected chi connectivity index (χ3v) is 5.48. The highest BCUT2D eigenvalue weighted by Gasteiger charge is 2.31. The minimum atomic E-state index is -4.96. The van der Waals surface area contributed by atoms with Crippen LogP contribution >= 0.6 is 0 Å². The van der Waals surface area contributed by atoms with Gasteiger partial charge in [0.05, 0.1) is 0 Å². The van der Waals surface area contributed by atoms with Gasteiger partial charge < -0.3 is 0 Å². The molecule has 0 radical (unpaired) electrons. The average Bonchev–Trinajstić information content (AvgIpc) is 1.84. The smallest absolute Gasteiger partial charge is 0.227 e. The maximum atomic E-state index is 12.1. The Morgan fingerprint density at radius 1 is 1.27 bits per heavy atom. The lowest BCUT2D eigenvalue weighted by molar-refractivity contribution is 0.543. The van der Waals surface area contributed by atoms with Gasteiger partial charge >= 0.3 is 10.2 Å². The van der Waals surface area contributed by atoms with Crippen molar-refractivity contribution < 1.29 is 20.7 Å². The minimum Gasteiger partial charge on any atom is -0.227 e. The first-order valence-electron chi connectivity index (χ1n) is 2.87. The fourth-order valence-corrected chi connectivity index (χ4v) is 2.69. The van der Waals surface area contributed by atoms with Crippen molar-refractivity contribution in [2.45, 2.75) is 18.4 Å². The lowest BCUT2D eigenvalue weighted by atomic mass is 10.9. The van der Waals surface area contributed by atoms with E-state index in [2.05, 4.69) is 0 Å². The van der Waals surface area contributed by atoms with Gasteiger partial charge in [-0.2, -0.15) is 8.42 Å². The summed E-state index contributed by atoms with van der Waals surface area (Å²) in [5.74, 6) is -0.378. The van der Waals surface area contributed by atoms with Crippen molar-refractivity contribution in [3.8, 4) is 0 Å². The summed E-state index contributed by atoms with van der Waals surface area (Å²) in [6.07, 6.45) is 0. The molecule has 0 N–H and O–H groups in total. The number of sulfone groups is 1. The van der Waals surface area contributed by atoms with Gasteiger partial charge in [0.2, 0.25) is 0 Å². The van der Waals surface area contributed by atoms with Crippen LogP contribution in [0.25, 0.3) is 0 Å². The van der Waals surface area contributed by atoms with Gasteiger partial charge in [-0.15, -0.1) is 3.89 Å². The molecule has 0 amide bonds. The van der Waals surface area contributed by atoms with E-state index in [1.807, 2.05) is 0 Å². The van der Waals surface area contributed by atoms with Crippen LogP contribution in [0.4, 0.5) is 3.89 Å². The first kappa shape index (κ1) is 10.8. The van der Waals surface area contributed by atoms with E-state index in [1.165, 1.54) is 6.92 Å². The zero-order valence-electron chi connectivity index (χ0n) is 6.11. The zero-order valence-corrected chi connectivity index (χ0v) is 7.74. The molecule has 1 atom stereocenters. The van der Waals surface area contributed by atoms with Crippen molar-refractivity contribution in [3.63, 3.8) is 0 Å². The van der Waals surface area contributed by atoms with E-state index in [-0.39, 0.29) is 5.75 Å². The molecule has 0 aliphatic carbocycles. The molecular formula is C4H9FO4S2. The van der Waals surface area contributed by atoms with Crippen molar-refractivity contribution in [3.05, 3.63) is 0 Å². The Morgan fingerprint density at radius 3 is 1.73 bits per heavy atom. The molecule has 7 heteroatoms. The van der Waals surface area contributed by atoms with Crippen LogP contribution in [0.2, 0.25) is 0 Å². The summed E-state index contributed by atoms with van der Waals surface area (Å²) in [5.41, 5.74) is 0. The van der Waals surface area contributed by atoms with Gasteiger partial charge in [0.1, 0.15) is 0 Å². The van der Waals surface area contributed by atoms with Crippen LogP contribution in [-0.2, 0) is 20.1 Å². The fraction of sp³-hybridized carbons (Fsp3) is 1.00. The normalized spacial score (nSPS) is 16.3. The first-order chi connectivity index (χ1) is 4.72. The summed E-state index contributed by atoms with van der Waals surface area (Å²) in [6.45, 7) is 2.07. The monoisotopic (exact) mass is 204 g/mol. The number of hydrogen-bond acceptors (Lipinski definition) is 4. The lowest BCUT2D eigenvalue weighted by Crippen LogP contribution is -2.25. The van der Waals surface area contributed by atoms with E-state index in [0.717, 1.165) is 6.92 Å². The molecule has 0 fully saturated rings. The summed E-state index contributed by atoms with van der Waals surface area (Å²) in [4.78, 5) is 0. The molecule has 0 aromatic rings. The van der Waals surface area contributed by atoms with Gasteiger partial charge in [-0.25, -0.2) is 8.42 Å². The molecule has 11 heavy (non-hydrogen) atoms. The highest BCUT2D eigenvalue weighted by molar-refractivity contribution is 8.06. The Balaban J connectivity index is 4.96. The quantitative estimate of drug-likeness (QED) is 0.610. The van der Waals surface area contributed by atoms with Gasteiger partial charge in [-0.3, -0.25) is 0 Å². The Kier molecular flexibility index (Phi) is 3.01. The van der Waals surface area contributed by atoms with Crippen LogP contribution in [-0.4, -0.2) is 27.2 Å². The van der Waals surface area contributed by atoms with Gasteiger partial charge in [0.15, 0.2) is 14.4 Å². The molecule has 0 saturated carbocycles. The highest BCUT2D eigenvalue weighted by atomic mass is 32.3. The Hall–Kier alpha value is -0.170. The van der Waals surface area contributed by atoms with Gasteiger partial charge in [-0.05, 0) is 6.92 Å². The Bertz CT molecular complexity index is 314. The van der Waals surface area contributed by atoms with Crippen LogP contribution in [0.15, 0.2) is 0 Å². The third kappa shape index (κ3) is 2.74. The van der Waals surface area contributed by atoms with Crippen LogP contribution in [0.5, 0.6) is 0 Å². The Morgan fingerprint density at radius 2 is 1.64 bits per heavy atom. The number of halogens is 1. The predicted molar refractivity (Wildman–Crippen MR) is 39.0 cm³/mol. The van der Waals surface area contributed by atoms with Crippen LogP contribution in [0.1, 0.15) is 13.8 Å². The van der Waals surface area contributed by atoms with E-state index in [1.54, 1.807) is 0 Å². The molecule has 0 spiro atoms. The van der Waals surface area contributed by atoms with Crippen LogP contribution < -0.4 is 0 Å². The standard InChI is InChI=1S/C4H9FO4S2/c1-3-10(6,7)4(2)11(5,8)9/h4H,3H2,1-2H3. The molecule has 0 heterocycles. The molecule has 0 rings (SSSR count). The summed E-state index contributed by atoms with van der Waals surface area (Å²) >= 11 is 0. The predicted octanol–water partition coefficient (Wildman–Crippen LogP) is 0.0664. The molecule has 4 nitrogen and oxygen atoms in total. The second-order valence-corrected chi connectivity index (χ2v) is 6.56. The van der Waals surface area contributed by atoms with Crippen molar-refractivity contribution in [2.75, 3.05) is 5.75 Å². The molecule has 0 bridgehead atoms. The van der Waals surface area contributed by atoms with Crippen LogP contribution in [0.3, 0.4) is 0 Å². The van der Waals surface area contributed by atoms with Gasteiger partial charge in [-0.1, -0.05) is 6.92 Å². The minimum absolute atomic E-state index is 0.378. The number of rotatable bonds is 3. The largest absolute Gasteiger partial charge is 0.319 e. The molecule has 0 aliphatic heterocycles. The third-order valence-electron chi connectivity index (χ3n) is 1.30. The van der Waals surface area contributed by atoms with E-state index in [9.17, 15) is 20.7 Å². The molecule has 68 valence electrons. The fourth-order valence-electron chi connectivity index (χ4n) is 0.410. The maximum Gasteiger partial charge on any atom is 0.319 e. The second kappa shape index (κ2) is 3.06. The van der Waals surface area contributed by atoms with Crippen molar-refractivity contribution >= 4 is 20.1 Å². The topological polar surface area (TPSA) is 68.3 Å². The van der Waals surface area contributed by atoms with E-state index < -0.39 is 24.6 Å². The molecular weight excluding hydrogens is 195 g/mol. The first-order valence-corrected chi connectivity index (χ1v) is 6.03. The average molecular weight is 204 g/mol. The van der Waals surface area contributed by atoms with E-state index in [0.29, 0.717) is 0 Å². The SMILES string of the molecule is CCS(=O)(=O)C(C)S(=O)(=O)F. The van der Waals surface area contributed by atoms with Gasteiger partial charge in [0, 0.05) is 5.75 Å². The summed E-state index contributed by atoms with van der Waals surface area (Å²) in [5, 5.41) is 0. The van der Waals surface area contributed by atoms with Gasteiger partial charge in [0.25, 0.3) is 0 Å². The van der Waals surface area contributed by atoms with E-state index in [4.69, 9.17) is 0 Å². The molecule has 0 aromatic heterocycles. The summed E-state index contributed by atoms with van der Waals surface area (Å²) < 4.78 is 51.7. The second-order valence-electron chi connectivity index (χ2n) is 1.99. The van der Waals surface area contributed by atoms with Crippen molar-refractivity contribution in [1.29, 1.82) is 0 Å². The molecule has 0 saturated heterocycles. The lowest BCUT2D eigenvalue weighted by Gasteiger charge is -2.04. The molecule has 0 aliphatic rings. The van der Waals surface area contributed by atoms with Crippen LogP contribution in [0, 0.1) is 0 Å². The summed E-state index contributed by atoms with van der Waals surface area (Å²) in [7, 11) is -8.78. The Labute approximate surface area is 65.5 Å². The van der Waals surface area contributed by atoms with E-state index >= 15 is 0 Å². The molecule has 1 unspecified atom stereocenters. The maximum absolute atomic E-state index is 12.1. The summed E-state index contributed by atoms with van der Waals surface area (Å²) in [6, 6.07) is 0. The van der Waals surface area contributed by atoms with Crippen molar-refractivity contribution in [2.24, 2.45) is 0 Å². The molecule has 0 aromatic carbocycles. The zero-order chi connectivity index (χ0) is 9.28. The highest BCUT2D eigenvalue weighted by Crippen LogP contribution is 2.11.